The van der Waals surface area contributed by atoms with E-state index in [9.17, 15) is 21.6 Å². The molecule has 0 atom stereocenters. The van der Waals surface area contributed by atoms with Gasteiger partial charge in [-0.3, -0.25) is 9.52 Å². The molecule has 10 heteroatoms. The molecule has 1 aliphatic rings. The number of sulfonamides is 2. The van der Waals surface area contributed by atoms with Crippen LogP contribution in [0.2, 0.25) is 0 Å². The molecule has 0 saturated carbocycles. The van der Waals surface area contributed by atoms with Crippen molar-refractivity contribution in [1.82, 2.24) is 9.21 Å². The SMILES string of the molecule is Cc1ccc(S(=O)(=O)N2CCN(C(=O)c3ccc(C)c(S(=O)(=O)Nc4ccc(C)c(C)c4)c3)CC2)cc1. The van der Waals surface area contributed by atoms with Crippen LogP contribution < -0.4 is 4.72 Å². The van der Waals surface area contributed by atoms with Crippen LogP contribution in [0.4, 0.5) is 5.69 Å². The zero-order valence-corrected chi connectivity index (χ0v) is 23.0. The Morgan fingerprint density at radius 3 is 1.97 bits per heavy atom. The number of anilines is 1. The maximum Gasteiger partial charge on any atom is 0.262 e. The first-order valence-corrected chi connectivity index (χ1v) is 14.9. The molecule has 37 heavy (non-hydrogen) atoms. The molecule has 0 aromatic heterocycles. The average molecular weight is 542 g/mol. The molecule has 1 N–H and O–H groups in total. The Bertz CT molecular complexity index is 1540. The Morgan fingerprint density at radius 1 is 0.730 bits per heavy atom. The molecule has 0 aliphatic carbocycles. The van der Waals surface area contributed by atoms with Crippen molar-refractivity contribution in [3.63, 3.8) is 0 Å². The summed E-state index contributed by atoms with van der Waals surface area (Å²) in [4.78, 5) is 15.0. The third-order valence-electron chi connectivity index (χ3n) is 6.67. The Balaban J connectivity index is 1.49. The summed E-state index contributed by atoms with van der Waals surface area (Å²) in [6.45, 7) is 8.16. The summed E-state index contributed by atoms with van der Waals surface area (Å²) in [6.07, 6.45) is 0. The summed E-state index contributed by atoms with van der Waals surface area (Å²) in [5.41, 5.74) is 4.19. The molecule has 3 aromatic rings. The van der Waals surface area contributed by atoms with Crippen LogP contribution in [0.5, 0.6) is 0 Å². The lowest BCUT2D eigenvalue weighted by molar-refractivity contribution is 0.0697. The van der Waals surface area contributed by atoms with Gasteiger partial charge in [0.25, 0.3) is 15.9 Å². The second-order valence-electron chi connectivity index (χ2n) is 9.39. The fourth-order valence-electron chi connectivity index (χ4n) is 4.21. The van der Waals surface area contributed by atoms with E-state index >= 15 is 0 Å². The van der Waals surface area contributed by atoms with Gasteiger partial charge < -0.3 is 4.90 Å². The molecule has 1 amide bonds. The third kappa shape index (κ3) is 5.71. The van der Waals surface area contributed by atoms with E-state index in [1.54, 1.807) is 60.4 Å². The van der Waals surface area contributed by atoms with Gasteiger partial charge in [-0.1, -0.05) is 29.8 Å². The number of nitrogens with zero attached hydrogens (tertiary/aromatic N) is 2. The van der Waals surface area contributed by atoms with Crippen LogP contribution in [0.3, 0.4) is 0 Å². The summed E-state index contributed by atoms with van der Waals surface area (Å²) in [6, 6.07) is 16.6. The van der Waals surface area contributed by atoms with Crippen molar-refractivity contribution in [2.24, 2.45) is 0 Å². The van der Waals surface area contributed by atoms with E-state index in [0.29, 0.717) is 11.3 Å². The van der Waals surface area contributed by atoms with Crippen molar-refractivity contribution in [3.05, 3.63) is 88.5 Å². The molecule has 4 rings (SSSR count). The van der Waals surface area contributed by atoms with Gasteiger partial charge in [-0.25, -0.2) is 16.8 Å². The topological polar surface area (TPSA) is 104 Å². The fourth-order valence-corrected chi connectivity index (χ4v) is 6.95. The molecule has 0 radical (unpaired) electrons. The lowest BCUT2D eigenvalue weighted by atomic mass is 10.1. The van der Waals surface area contributed by atoms with E-state index in [0.717, 1.165) is 16.7 Å². The van der Waals surface area contributed by atoms with Crippen molar-refractivity contribution in [1.29, 1.82) is 0 Å². The number of carbonyl (C=O) groups excluding carboxylic acids is 1. The van der Waals surface area contributed by atoms with Crippen LogP contribution in [0.1, 0.15) is 32.6 Å². The van der Waals surface area contributed by atoms with Crippen molar-refractivity contribution < 1.29 is 21.6 Å². The molecule has 0 bridgehead atoms. The van der Waals surface area contributed by atoms with Crippen molar-refractivity contribution in [2.45, 2.75) is 37.5 Å². The van der Waals surface area contributed by atoms with E-state index < -0.39 is 20.0 Å². The zero-order valence-electron chi connectivity index (χ0n) is 21.4. The zero-order chi connectivity index (χ0) is 27.0. The third-order valence-corrected chi connectivity index (χ3v) is 10.1. The van der Waals surface area contributed by atoms with Gasteiger partial charge in [0.2, 0.25) is 10.0 Å². The van der Waals surface area contributed by atoms with Gasteiger partial charge in [0.15, 0.2) is 0 Å². The van der Waals surface area contributed by atoms with Crippen LogP contribution in [0.25, 0.3) is 0 Å². The smallest absolute Gasteiger partial charge is 0.262 e. The second-order valence-corrected chi connectivity index (χ2v) is 13.0. The maximum atomic E-state index is 13.2. The lowest BCUT2D eigenvalue weighted by Gasteiger charge is -2.34. The Kier molecular flexibility index (Phi) is 7.45. The summed E-state index contributed by atoms with van der Waals surface area (Å²) in [7, 11) is -7.58. The molecule has 0 spiro atoms. The minimum absolute atomic E-state index is 0.0252. The number of benzene rings is 3. The van der Waals surface area contributed by atoms with E-state index in [-0.39, 0.29) is 47.4 Å². The molecule has 0 unspecified atom stereocenters. The molecule has 196 valence electrons. The number of amides is 1. The Labute approximate surface area is 219 Å². The van der Waals surface area contributed by atoms with E-state index in [4.69, 9.17) is 0 Å². The predicted molar refractivity (Wildman–Crippen MR) is 144 cm³/mol. The Hall–Kier alpha value is -3.21. The molecular weight excluding hydrogens is 510 g/mol. The van der Waals surface area contributed by atoms with Gasteiger partial charge in [0.05, 0.1) is 9.79 Å². The monoisotopic (exact) mass is 541 g/mol. The van der Waals surface area contributed by atoms with Gasteiger partial charge in [-0.2, -0.15) is 4.31 Å². The number of aryl methyl sites for hydroxylation is 4. The van der Waals surface area contributed by atoms with Gasteiger partial charge in [-0.05, 0) is 80.8 Å². The summed E-state index contributed by atoms with van der Waals surface area (Å²) in [5, 5.41) is 0. The number of carbonyl (C=O) groups is 1. The molecular formula is C27H31N3O5S2. The molecule has 8 nitrogen and oxygen atoms in total. The first-order valence-electron chi connectivity index (χ1n) is 12.0. The minimum atomic E-state index is -3.93. The van der Waals surface area contributed by atoms with Gasteiger partial charge in [0.1, 0.15) is 0 Å². The van der Waals surface area contributed by atoms with E-state index in [1.807, 2.05) is 26.8 Å². The average Bonchev–Trinajstić information content (AvgIpc) is 2.86. The largest absolute Gasteiger partial charge is 0.336 e. The lowest BCUT2D eigenvalue weighted by Crippen LogP contribution is -2.50. The highest BCUT2D eigenvalue weighted by molar-refractivity contribution is 7.92. The van der Waals surface area contributed by atoms with Crippen molar-refractivity contribution >= 4 is 31.6 Å². The van der Waals surface area contributed by atoms with Crippen LogP contribution in [-0.2, 0) is 20.0 Å². The van der Waals surface area contributed by atoms with Crippen LogP contribution >= 0.6 is 0 Å². The highest BCUT2D eigenvalue weighted by Crippen LogP contribution is 2.24. The van der Waals surface area contributed by atoms with Gasteiger partial charge in [0, 0.05) is 37.4 Å². The molecule has 3 aromatic carbocycles. The number of piperazine rings is 1. The first kappa shape index (κ1) is 26.8. The highest BCUT2D eigenvalue weighted by Gasteiger charge is 2.31. The summed E-state index contributed by atoms with van der Waals surface area (Å²) in [5.74, 6) is -0.338. The Morgan fingerprint density at radius 2 is 1.35 bits per heavy atom. The molecule has 1 fully saturated rings. The van der Waals surface area contributed by atoms with Crippen LogP contribution in [0, 0.1) is 27.7 Å². The van der Waals surface area contributed by atoms with E-state index in [1.165, 1.54) is 10.4 Å². The van der Waals surface area contributed by atoms with E-state index in [2.05, 4.69) is 4.72 Å². The maximum absolute atomic E-state index is 13.2. The van der Waals surface area contributed by atoms with Crippen LogP contribution in [0.15, 0.2) is 70.5 Å². The second kappa shape index (κ2) is 10.3. The standard InChI is InChI=1S/C27H31N3O5S2/c1-19-5-11-25(12-6-19)37(34,35)30-15-13-29(14-16-30)27(31)23-9-7-21(3)26(18-23)36(32,33)28-24-10-8-20(2)22(4)17-24/h5-12,17-18,28H,13-16H2,1-4H3. The van der Waals surface area contributed by atoms with Crippen LogP contribution in [-0.4, -0.2) is 58.1 Å². The molecule has 1 heterocycles. The quantitative estimate of drug-likeness (QED) is 0.510. The molecule has 1 aliphatic heterocycles. The normalized spacial score (nSPS) is 15.0. The predicted octanol–water partition coefficient (Wildman–Crippen LogP) is 3.87. The fraction of sp³-hybridized carbons (Fsp3) is 0.296. The number of nitrogens with one attached hydrogen (secondary N) is 1. The highest BCUT2D eigenvalue weighted by atomic mass is 32.2. The van der Waals surface area contributed by atoms with Crippen molar-refractivity contribution in [2.75, 3.05) is 30.9 Å². The summed E-state index contributed by atoms with van der Waals surface area (Å²) >= 11 is 0. The number of hydrogen-bond donors (Lipinski definition) is 1. The number of hydrogen-bond acceptors (Lipinski definition) is 5. The van der Waals surface area contributed by atoms with Gasteiger partial charge >= 0.3 is 0 Å². The first-order chi connectivity index (χ1) is 17.4. The van der Waals surface area contributed by atoms with Gasteiger partial charge in [-0.15, -0.1) is 0 Å². The summed E-state index contributed by atoms with van der Waals surface area (Å²) < 4.78 is 56.3. The van der Waals surface area contributed by atoms with Crippen molar-refractivity contribution in [3.8, 4) is 0 Å². The molecule has 1 saturated heterocycles. The number of rotatable bonds is 6. The minimum Gasteiger partial charge on any atom is -0.336 e.